The third-order valence-electron chi connectivity index (χ3n) is 3.38. The van der Waals surface area contributed by atoms with Crippen LogP contribution in [0.5, 0.6) is 5.75 Å². The van der Waals surface area contributed by atoms with Crippen molar-refractivity contribution in [1.29, 1.82) is 0 Å². The van der Waals surface area contributed by atoms with Gasteiger partial charge < -0.3 is 20.3 Å². The molecular formula is C14H19NO4. The van der Waals surface area contributed by atoms with Crippen molar-refractivity contribution in [2.75, 3.05) is 13.2 Å². The molecule has 2 rings (SSSR count). The molecule has 104 valence electrons. The first-order valence-electron chi connectivity index (χ1n) is 6.42. The van der Waals surface area contributed by atoms with Gasteiger partial charge in [-0.15, -0.1) is 0 Å². The highest BCUT2D eigenvalue weighted by molar-refractivity contribution is 5.78. The maximum atomic E-state index is 11.0. The first-order chi connectivity index (χ1) is 9.10. The standard InChI is InChI=1S/C14H19NO4/c15-14(13(16)17)7-6-12(10-14)19-9-8-18-11-4-2-1-3-5-11/h1-5,12H,6-10,15H2,(H,16,17). The van der Waals surface area contributed by atoms with Gasteiger partial charge in [0.2, 0.25) is 0 Å². The topological polar surface area (TPSA) is 81.8 Å². The lowest BCUT2D eigenvalue weighted by atomic mass is 10.00. The molecule has 0 heterocycles. The van der Waals surface area contributed by atoms with E-state index in [2.05, 4.69) is 0 Å². The van der Waals surface area contributed by atoms with Crippen molar-refractivity contribution in [1.82, 2.24) is 0 Å². The average molecular weight is 265 g/mol. The van der Waals surface area contributed by atoms with Gasteiger partial charge >= 0.3 is 5.97 Å². The van der Waals surface area contributed by atoms with E-state index in [1.807, 2.05) is 30.3 Å². The molecule has 0 amide bonds. The van der Waals surface area contributed by atoms with Gasteiger partial charge in [-0.1, -0.05) is 18.2 Å². The van der Waals surface area contributed by atoms with E-state index in [0.29, 0.717) is 32.5 Å². The number of carbonyl (C=O) groups is 1. The summed E-state index contributed by atoms with van der Waals surface area (Å²) in [5, 5.41) is 9.01. The number of ether oxygens (including phenoxy) is 2. The second-order valence-corrected chi connectivity index (χ2v) is 4.86. The van der Waals surface area contributed by atoms with Crippen molar-refractivity contribution in [2.24, 2.45) is 5.73 Å². The summed E-state index contributed by atoms with van der Waals surface area (Å²) in [7, 11) is 0. The normalized spacial score (nSPS) is 26.3. The number of hydrogen-bond donors (Lipinski definition) is 2. The lowest BCUT2D eigenvalue weighted by molar-refractivity contribution is -0.143. The van der Waals surface area contributed by atoms with Crippen LogP contribution >= 0.6 is 0 Å². The zero-order valence-corrected chi connectivity index (χ0v) is 10.7. The van der Waals surface area contributed by atoms with Crippen molar-refractivity contribution in [2.45, 2.75) is 30.9 Å². The third-order valence-corrected chi connectivity index (χ3v) is 3.38. The molecule has 3 N–H and O–H groups in total. The molecular weight excluding hydrogens is 246 g/mol. The summed E-state index contributed by atoms with van der Waals surface area (Å²) < 4.78 is 11.1. The van der Waals surface area contributed by atoms with Gasteiger partial charge in [0.15, 0.2) is 0 Å². The summed E-state index contributed by atoms with van der Waals surface area (Å²) >= 11 is 0. The van der Waals surface area contributed by atoms with Gasteiger partial charge in [0.05, 0.1) is 12.7 Å². The minimum absolute atomic E-state index is 0.0829. The number of carboxylic acids is 1. The van der Waals surface area contributed by atoms with E-state index in [0.717, 1.165) is 5.75 Å². The summed E-state index contributed by atoms with van der Waals surface area (Å²) in [4.78, 5) is 11.0. The van der Waals surface area contributed by atoms with Gasteiger partial charge in [-0.2, -0.15) is 0 Å². The fourth-order valence-electron chi connectivity index (χ4n) is 2.26. The molecule has 1 aromatic rings. The Morgan fingerprint density at radius 3 is 2.74 bits per heavy atom. The van der Waals surface area contributed by atoms with E-state index in [1.165, 1.54) is 0 Å². The molecule has 2 unspecified atom stereocenters. The van der Waals surface area contributed by atoms with Crippen LogP contribution in [0.15, 0.2) is 30.3 Å². The second-order valence-electron chi connectivity index (χ2n) is 4.86. The van der Waals surface area contributed by atoms with Crippen LogP contribution in [0.4, 0.5) is 0 Å². The Hall–Kier alpha value is -1.59. The number of para-hydroxylation sites is 1. The highest BCUT2D eigenvalue weighted by Gasteiger charge is 2.42. The van der Waals surface area contributed by atoms with Crippen molar-refractivity contribution in [3.8, 4) is 5.75 Å². The van der Waals surface area contributed by atoms with Crippen LogP contribution < -0.4 is 10.5 Å². The summed E-state index contributed by atoms with van der Waals surface area (Å²) in [6.45, 7) is 0.889. The van der Waals surface area contributed by atoms with Crippen LogP contribution in [-0.4, -0.2) is 35.9 Å². The Morgan fingerprint density at radius 1 is 1.37 bits per heavy atom. The minimum Gasteiger partial charge on any atom is -0.491 e. The Kier molecular flexibility index (Phi) is 4.39. The Morgan fingerprint density at radius 2 is 2.11 bits per heavy atom. The smallest absolute Gasteiger partial charge is 0.323 e. The van der Waals surface area contributed by atoms with E-state index in [4.69, 9.17) is 20.3 Å². The predicted molar refractivity (Wildman–Crippen MR) is 70.1 cm³/mol. The lowest BCUT2D eigenvalue weighted by Gasteiger charge is -2.18. The molecule has 0 aliphatic heterocycles. The quantitative estimate of drug-likeness (QED) is 0.760. The second kappa shape index (κ2) is 6.04. The number of nitrogens with two attached hydrogens (primary N) is 1. The number of carboxylic acid groups (broad SMARTS) is 1. The minimum atomic E-state index is -1.12. The molecule has 0 saturated heterocycles. The van der Waals surface area contributed by atoms with Crippen molar-refractivity contribution in [3.63, 3.8) is 0 Å². The van der Waals surface area contributed by atoms with Gasteiger partial charge in [0.1, 0.15) is 17.9 Å². The maximum absolute atomic E-state index is 11.0. The number of aliphatic carboxylic acids is 1. The fraction of sp³-hybridized carbons (Fsp3) is 0.500. The summed E-state index contributed by atoms with van der Waals surface area (Å²) in [6.07, 6.45) is 1.44. The summed E-state index contributed by atoms with van der Waals surface area (Å²) in [5.74, 6) is -0.143. The molecule has 1 aliphatic carbocycles. The molecule has 19 heavy (non-hydrogen) atoms. The highest BCUT2D eigenvalue weighted by atomic mass is 16.5. The molecule has 0 bridgehead atoms. The lowest BCUT2D eigenvalue weighted by Crippen LogP contribution is -2.45. The number of benzene rings is 1. The van der Waals surface area contributed by atoms with Gasteiger partial charge in [-0.3, -0.25) is 4.79 Å². The van der Waals surface area contributed by atoms with Gasteiger partial charge in [-0.25, -0.2) is 0 Å². The molecule has 1 fully saturated rings. The number of hydrogen-bond acceptors (Lipinski definition) is 4. The Bertz CT molecular complexity index is 423. The van der Waals surface area contributed by atoms with E-state index in [-0.39, 0.29) is 6.10 Å². The third kappa shape index (κ3) is 3.68. The van der Waals surface area contributed by atoms with Gasteiger partial charge in [0.25, 0.3) is 0 Å². The molecule has 1 aromatic carbocycles. The van der Waals surface area contributed by atoms with Crippen LogP contribution in [0, 0.1) is 0 Å². The monoisotopic (exact) mass is 265 g/mol. The fourth-order valence-corrected chi connectivity index (χ4v) is 2.26. The zero-order chi connectivity index (χ0) is 13.7. The molecule has 5 heteroatoms. The largest absolute Gasteiger partial charge is 0.491 e. The summed E-state index contributed by atoms with van der Waals surface area (Å²) in [6, 6.07) is 9.50. The molecule has 1 aliphatic rings. The molecule has 0 spiro atoms. The average Bonchev–Trinajstić information content (AvgIpc) is 2.79. The zero-order valence-electron chi connectivity index (χ0n) is 10.7. The maximum Gasteiger partial charge on any atom is 0.323 e. The highest BCUT2D eigenvalue weighted by Crippen LogP contribution is 2.30. The van der Waals surface area contributed by atoms with Gasteiger partial charge in [0, 0.05) is 6.42 Å². The van der Waals surface area contributed by atoms with Crippen LogP contribution in [0.1, 0.15) is 19.3 Å². The van der Waals surface area contributed by atoms with Crippen LogP contribution in [0.3, 0.4) is 0 Å². The first kappa shape index (κ1) is 13.8. The molecule has 1 saturated carbocycles. The molecule has 0 radical (unpaired) electrons. The van der Waals surface area contributed by atoms with Gasteiger partial charge in [-0.05, 0) is 25.0 Å². The van der Waals surface area contributed by atoms with Crippen molar-refractivity contribution < 1.29 is 19.4 Å². The van der Waals surface area contributed by atoms with E-state index >= 15 is 0 Å². The van der Waals surface area contributed by atoms with E-state index in [9.17, 15) is 4.79 Å². The predicted octanol–water partition coefficient (Wildman–Crippen LogP) is 1.42. The SMILES string of the molecule is NC1(C(=O)O)CCC(OCCOc2ccccc2)C1. The van der Waals surface area contributed by atoms with Crippen LogP contribution in [0.2, 0.25) is 0 Å². The Labute approximate surface area is 112 Å². The van der Waals surface area contributed by atoms with E-state index in [1.54, 1.807) is 0 Å². The molecule has 2 atom stereocenters. The van der Waals surface area contributed by atoms with Crippen LogP contribution in [0.25, 0.3) is 0 Å². The Balaban J connectivity index is 1.66. The van der Waals surface area contributed by atoms with Crippen LogP contribution in [-0.2, 0) is 9.53 Å². The van der Waals surface area contributed by atoms with E-state index < -0.39 is 11.5 Å². The molecule has 0 aromatic heterocycles. The molecule has 5 nitrogen and oxygen atoms in total. The van der Waals surface area contributed by atoms with Crippen molar-refractivity contribution >= 4 is 5.97 Å². The first-order valence-corrected chi connectivity index (χ1v) is 6.42. The number of rotatable bonds is 6. The summed E-state index contributed by atoms with van der Waals surface area (Å²) in [5.41, 5.74) is 4.66. The van der Waals surface area contributed by atoms with Crippen molar-refractivity contribution in [3.05, 3.63) is 30.3 Å².